The lowest BCUT2D eigenvalue weighted by atomic mass is 10.1. The third-order valence-corrected chi connectivity index (χ3v) is 3.73. The number of thiazole rings is 1. The molecule has 0 saturated carbocycles. The van der Waals surface area contributed by atoms with Crippen molar-refractivity contribution in [2.75, 3.05) is 23.7 Å². The van der Waals surface area contributed by atoms with Gasteiger partial charge in [0.15, 0.2) is 5.13 Å². The Balaban J connectivity index is 1.97. The lowest BCUT2D eigenvalue weighted by molar-refractivity contribution is 0.574. The lowest BCUT2D eigenvalue weighted by Gasteiger charge is -2.27. The number of anilines is 2. The van der Waals surface area contributed by atoms with Crippen LogP contribution in [-0.4, -0.2) is 23.1 Å². The van der Waals surface area contributed by atoms with Crippen LogP contribution in [0, 0.1) is 0 Å². The number of nitrogens with two attached hydrogens (primary N) is 1. The largest absolute Gasteiger partial charge is 0.375 e. The van der Waals surface area contributed by atoms with Crippen molar-refractivity contribution in [2.24, 2.45) is 0 Å². The van der Waals surface area contributed by atoms with Crippen molar-refractivity contribution in [1.29, 1.82) is 0 Å². The first kappa shape index (κ1) is 9.84. The van der Waals surface area contributed by atoms with Gasteiger partial charge in [0, 0.05) is 13.1 Å². The van der Waals surface area contributed by atoms with Gasteiger partial charge in [-0.05, 0) is 31.4 Å². The summed E-state index contributed by atoms with van der Waals surface area (Å²) in [5.41, 5.74) is 6.58. The highest BCUT2D eigenvalue weighted by Gasteiger charge is 2.13. The first-order chi connectivity index (χ1) is 7.83. The van der Waals surface area contributed by atoms with Gasteiger partial charge < -0.3 is 10.6 Å². The van der Waals surface area contributed by atoms with Crippen LogP contribution in [0.25, 0.3) is 10.3 Å². The second-order valence-corrected chi connectivity index (χ2v) is 5.10. The highest BCUT2D eigenvalue weighted by molar-refractivity contribution is 7.21. The van der Waals surface area contributed by atoms with Gasteiger partial charge in [-0.3, -0.25) is 0 Å². The molecule has 0 spiro atoms. The summed E-state index contributed by atoms with van der Waals surface area (Å²) in [6.07, 6.45) is 3.88. The van der Waals surface area contributed by atoms with Crippen LogP contribution in [0.2, 0.25) is 0 Å². The van der Waals surface area contributed by atoms with Crippen molar-refractivity contribution in [3.63, 3.8) is 0 Å². The molecule has 0 radical (unpaired) electrons. The summed E-state index contributed by atoms with van der Waals surface area (Å²) in [5, 5.41) is 0.596. The van der Waals surface area contributed by atoms with Gasteiger partial charge in [-0.2, -0.15) is 0 Å². The van der Waals surface area contributed by atoms with Gasteiger partial charge in [-0.25, -0.2) is 9.97 Å². The van der Waals surface area contributed by atoms with Crippen LogP contribution in [0.4, 0.5) is 10.9 Å². The Morgan fingerprint density at radius 1 is 1.12 bits per heavy atom. The number of hydrogen-bond donors (Lipinski definition) is 1. The average Bonchev–Trinajstić information content (AvgIpc) is 2.69. The van der Waals surface area contributed by atoms with Crippen LogP contribution in [0.15, 0.2) is 12.1 Å². The fraction of sp³-hybridized carbons (Fsp3) is 0.455. The molecule has 1 aliphatic rings. The van der Waals surface area contributed by atoms with E-state index in [2.05, 4.69) is 14.9 Å². The SMILES string of the molecule is Nc1nc2ccc(N3CCCCC3)nc2s1. The predicted octanol–water partition coefficient (Wildman–Crippen LogP) is 2.26. The summed E-state index contributed by atoms with van der Waals surface area (Å²) in [6.45, 7) is 2.24. The first-order valence-corrected chi connectivity index (χ1v) is 6.42. The van der Waals surface area contributed by atoms with Gasteiger partial charge in [-0.15, -0.1) is 0 Å². The van der Waals surface area contributed by atoms with E-state index >= 15 is 0 Å². The Hall–Kier alpha value is -1.36. The molecule has 2 aromatic rings. The summed E-state index contributed by atoms with van der Waals surface area (Å²) in [5.74, 6) is 1.07. The molecule has 0 aromatic carbocycles. The Morgan fingerprint density at radius 2 is 1.94 bits per heavy atom. The van der Waals surface area contributed by atoms with Crippen LogP contribution in [0.5, 0.6) is 0 Å². The minimum absolute atomic E-state index is 0.596. The maximum absolute atomic E-state index is 5.67. The number of nitrogen functional groups attached to an aromatic ring is 1. The Kier molecular flexibility index (Phi) is 2.40. The second kappa shape index (κ2) is 3.90. The van der Waals surface area contributed by atoms with Crippen molar-refractivity contribution in [3.8, 4) is 0 Å². The molecule has 4 nitrogen and oxygen atoms in total. The zero-order valence-electron chi connectivity index (χ0n) is 9.02. The molecule has 0 atom stereocenters. The molecule has 2 N–H and O–H groups in total. The summed E-state index contributed by atoms with van der Waals surface area (Å²) in [6, 6.07) is 4.06. The molecule has 0 amide bonds. The van der Waals surface area contributed by atoms with Crippen LogP contribution in [0.3, 0.4) is 0 Å². The topological polar surface area (TPSA) is 55.0 Å². The summed E-state index contributed by atoms with van der Waals surface area (Å²) in [4.78, 5) is 12.1. The predicted molar refractivity (Wildman–Crippen MR) is 67.9 cm³/mol. The van der Waals surface area contributed by atoms with Gasteiger partial charge >= 0.3 is 0 Å². The molecule has 0 unspecified atom stereocenters. The van der Waals surface area contributed by atoms with E-state index in [9.17, 15) is 0 Å². The zero-order chi connectivity index (χ0) is 11.0. The minimum Gasteiger partial charge on any atom is -0.375 e. The van der Waals surface area contributed by atoms with Crippen LogP contribution in [-0.2, 0) is 0 Å². The van der Waals surface area contributed by atoms with Crippen molar-refractivity contribution >= 4 is 32.6 Å². The van der Waals surface area contributed by atoms with Crippen molar-refractivity contribution in [3.05, 3.63) is 12.1 Å². The molecule has 84 valence electrons. The highest BCUT2D eigenvalue weighted by atomic mass is 32.1. The molecule has 5 heteroatoms. The van der Waals surface area contributed by atoms with Crippen LogP contribution in [0.1, 0.15) is 19.3 Å². The Labute approximate surface area is 98.1 Å². The maximum Gasteiger partial charge on any atom is 0.182 e. The third-order valence-electron chi connectivity index (χ3n) is 2.94. The molecule has 1 aliphatic heterocycles. The smallest absolute Gasteiger partial charge is 0.182 e. The van der Waals surface area contributed by atoms with Gasteiger partial charge in [-0.1, -0.05) is 11.3 Å². The van der Waals surface area contributed by atoms with Gasteiger partial charge in [0.25, 0.3) is 0 Å². The Morgan fingerprint density at radius 3 is 2.75 bits per heavy atom. The molecule has 0 bridgehead atoms. The van der Waals surface area contributed by atoms with E-state index in [4.69, 9.17) is 5.73 Å². The fourth-order valence-electron chi connectivity index (χ4n) is 2.12. The van der Waals surface area contributed by atoms with Crippen molar-refractivity contribution in [1.82, 2.24) is 9.97 Å². The number of pyridine rings is 1. The van der Waals surface area contributed by atoms with E-state index in [1.807, 2.05) is 12.1 Å². The minimum atomic E-state index is 0.596. The summed E-state index contributed by atoms with van der Waals surface area (Å²) >= 11 is 1.46. The van der Waals surface area contributed by atoms with E-state index in [0.29, 0.717) is 5.13 Å². The molecule has 1 fully saturated rings. The average molecular weight is 234 g/mol. The molecule has 1 saturated heterocycles. The first-order valence-electron chi connectivity index (χ1n) is 5.61. The second-order valence-electron chi connectivity index (χ2n) is 4.09. The number of aromatic nitrogens is 2. The molecular weight excluding hydrogens is 220 g/mol. The van der Waals surface area contributed by atoms with E-state index in [1.54, 1.807) is 0 Å². The standard InChI is InChI=1S/C11H14N4S/c12-11-13-8-4-5-9(14-10(8)16-11)15-6-2-1-3-7-15/h4-5H,1-3,6-7H2,(H2,12,13). The highest BCUT2D eigenvalue weighted by Crippen LogP contribution is 2.25. The number of rotatable bonds is 1. The molecule has 16 heavy (non-hydrogen) atoms. The summed E-state index contributed by atoms with van der Waals surface area (Å²) < 4.78 is 0. The van der Waals surface area contributed by atoms with Gasteiger partial charge in [0.05, 0.1) is 0 Å². The van der Waals surface area contributed by atoms with Crippen molar-refractivity contribution in [2.45, 2.75) is 19.3 Å². The molecular formula is C11H14N4S. The van der Waals surface area contributed by atoms with E-state index in [-0.39, 0.29) is 0 Å². The number of hydrogen-bond acceptors (Lipinski definition) is 5. The third kappa shape index (κ3) is 1.71. The van der Waals surface area contributed by atoms with Crippen LogP contribution < -0.4 is 10.6 Å². The van der Waals surface area contributed by atoms with Crippen LogP contribution >= 0.6 is 11.3 Å². The molecule has 3 rings (SSSR count). The van der Waals surface area contributed by atoms with Gasteiger partial charge in [0.2, 0.25) is 0 Å². The molecule has 2 aromatic heterocycles. The maximum atomic E-state index is 5.67. The fourth-order valence-corrected chi connectivity index (χ4v) is 2.82. The Bertz CT molecular complexity index is 502. The van der Waals surface area contributed by atoms with E-state index < -0.39 is 0 Å². The van der Waals surface area contributed by atoms with E-state index in [0.717, 1.165) is 29.3 Å². The molecule has 0 aliphatic carbocycles. The summed E-state index contributed by atoms with van der Waals surface area (Å²) in [7, 11) is 0. The number of nitrogens with zero attached hydrogens (tertiary/aromatic N) is 3. The monoisotopic (exact) mass is 234 g/mol. The van der Waals surface area contributed by atoms with Crippen molar-refractivity contribution < 1.29 is 0 Å². The lowest BCUT2D eigenvalue weighted by Crippen LogP contribution is -2.29. The number of piperidine rings is 1. The van der Waals surface area contributed by atoms with Gasteiger partial charge in [0.1, 0.15) is 16.2 Å². The normalized spacial score (nSPS) is 16.9. The quantitative estimate of drug-likeness (QED) is 0.822. The number of fused-ring (bicyclic) bond motifs is 1. The zero-order valence-corrected chi connectivity index (χ0v) is 9.83. The van der Waals surface area contributed by atoms with E-state index in [1.165, 1.54) is 30.6 Å². The molecule has 3 heterocycles.